The van der Waals surface area contributed by atoms with E-state index < -0.39 is 0 Å². The number of nitrogen functional groups attached to an aromatic ring is 1. The lowest BCUT2D eigenvalue weighted by Gasteiger charge is -2.17. The minimum Gasteiger partial charge on any atom is -0.492 e. The third kappa shape index (κ3) is 4.29. The van der Waals surface area contributed by atoms with Gasteiger partial charge in [-0.05, 0) is 58.7 Å². The Hall–Kier alpha value is -1.70. The van der Waals surface area contributed by atoms with E-state index in [0.29, 0.717) is 6.61 Å². The Kier molecular flexibility index (Phi) is 5.88. The Morgan fingerprint density at radius 1 is 1.24 bits per heavy atom. The maximum absolute atomic E-state index is 5.91. The number of thiophene rings is 1. The van der Waals surface area contributed by atoms with Gasteiger partial charge in [0.25, 0.3) is 0 Å². The molecule has 0 atom stereocenters. The van der Waals surface area contributed by atoms with Gasteiger partial charge >= 0.3 is 0 Å². The molecule has 3 aromatic rings. The maximum Gasteiger partial charge on any atom is 0.220 e. The molecule has 25 heavy (non-hydrogen) atoms. The molecule has 7 heteroatoms. The number of hydrogen-bond donors (Lipinski definition) is 1. The summed E-state index contributed by atoms with van der Waals surface area (Å²) in [4.78, 5) is 11.7. The van der Waals surface area contributed by atoms with Crippen LogP contribution in [-0.2, 0) is 0 Å². The minimum atomic E-state index is 0.274. The highest BCUT2D eigenvalue weighted by molar-refractivity contribution is 9.10. The van der Waals surface area contributed by atoms with Crippen molar-refractivity contribution in [3.8, 4) is 16.3 Å². The standard InChI is InChI=1S/C18H21BrN4OS/c1-3-23(4-2)7-8-24-13-5-6-15-12(9-13)10-16(25-15)17-14(19)11-21-18(20)22-17/h5-6,9-11H,3-4,7-8H2,1-2H3,(H2,20,21,22). The molecule has 0 aliphatic carbocycles. The first-order chi connectivity index (χ1) is 12.1. The van der Waals surface area contributed by atoms with Crippen LogP contribution in [0.2, 0.25) is 0 Å². The molecule has 0 aliphatic heterocycles. The molecule has 0 saturated carbocycles. The van der Waals surface area contributed by atoms with E-state index in [1.807, 2.05) is 6.07 Å². The van der Waals surface area contributed by atoms with Crippen LogP contribution in [0, 0.1) is 0 Å². The second-order valence-electron chi connectivity index (χ2n) is 5.61. The highest BCUT2D eigenvalue weighted by Crippen LogP contribution is 2.37. The van der Waals surface area contributed by atoms with Gasteiger partial charge in [0.1, 0.15) is 12.4 Å². The number of halogens is 1. The zero-order chi connectivity index (χ0) is 17.8. The van der Waals surface area contributed by atoms with Gasteiger partial charge in [-0.1, -0.05) is 13.8 Å². The fourth-order valence-corrected chi connectivity index (χ4v) is 4.20. The number of aromatic nitrogens is 2. The molecule has 2 heterocycles. The second-order valence-corrected chi connectivity index (χ2v) is 7.55. The third-order valence-electron chi connectivity index (χ3n) is 4.05. The van der Waals surface area contributed by atoms with Crippen molar-refractivity contribution >= 4 is 43.3 Å². The topological polar surface area (TPSA) is 64.3 Å². The normalized spacial score (nSPS) is 11.4. The van der Waals surface area contributed by atoms with Gasteiger partial charge in [-0.2, -0.15) is 0 Å². The number of fused-ring (bicyclic) bond motifs is 1. The van der Waals surface area contributed by atoms with E-state index >= 15 is 0 Å². The van der Waals surface area contributed by atoms with E-state index in [1.54, 1.807) is 17.5 Å². The summed E-state index contributed by atoms with van der Waals surface area (Å²) in [6.45, 7) is 8.06. The monoisotopic (exact) mass is 420 g/mol. The summed E-state index contributed by atoms with van der Waals surface area (Å²) in [5.74, 6) is 1.17. The van der Waals surface area contributed by atoms with Crippen LogP contribution in [0.15, 0.2) is 34.9 Å². The van der Waals surface area contributed by atoms with Crippen molar-refractivity contribution in [2.24, 2.45) is 0 Å². The van der Waals surface area contributed by atoms with Crippen LogP contribution in [0.3, 0.4) is 0 Å². The van der Waals surface area contributed by atoms with Crippen molar-refractivity contribution in [3.63, 3.8) is 0 Å². The van der Waals surface area contributed by atoms with Crippen LogP contribution in [0.1, 0.15) is 13.8 Å². The minimum absolute atomic E-state index is 0.274. The molecule has 5 nitrogen and oxygen atoms in total. The zero-order valence-electron chi connectivity index (χ0n) is 14.3. The number of ether oxygens (including phenoxy) is 1. The second kappa shape index (κ2) is 8.12. The van der Waals surface area contributed by atoms with Gasteiger partial charge in [0.15, 0.2) is 0 Å². The fraction of sp³-hybridized carbons (Fsp3) is 0.333. The average Bonchev–Trinajstić information content (AvgIpc) is 3.04. The van der Waals surface area contributed by atoms with E-state index in [4.69, 9.17) is 10.5 Å². The van der Waals surface area contributed by atoms with Crippen molar-refractivity contribution < 1.29 is 4.74 Å². The zero-order valence-corrected chi connectivity index (χ0v) is 16.7. The smallest absolute Gasteiger partial charge is 0.220 e. The largest absolute Gasteiger partial charge is 0.492 e. The predicted octanol–water partition coefficient (Wildman–Crippen LogP) is 4.42. The highest BCUT2D eigenvalue weighted by atomic mass is 79.9. The van der Waals surface area contributed by atoms with Gasteiger partial charge < -0.3 is 15.4 Å². The lowest BCUT2D eigenvalue weighted by Crippen LogP contribution is -2.27. The van der Waals surface area contributed by atoms with Gasteiger partial charge in [0, 0.05) is 17.4 Å². The molecule has 0 fully saturated rings. The molecule has 1 aromatic carbocycles. The Morgan fingerprint density at radius 3 is 2.80 bits per heavy atom. The maximum atomic E-state index is 5.91. The van der Waals surface area contributed by atoms with Crippen molar-refractivity contribution in [2.45, 2.75) is 13.8 Å². The van der Waals surface area contributed by atoms with Crippen LogP contribution < -0.4 is 10.5 Å². The Bertz CT molecular complexity index is 863. The molecule has 0 radical (unpaired) electrons. The molecule has 0 saturated heterocycles. The average molecular weight is 421 g/mol. The molecule has 0 bridgehead atoms. The quantitative estimate of drug-likeness (QED) is 0.612. The van der Waals surface area contributed by atoms with E-state index in [-0.39, 0.29) is 5.95 Å². The summed E-state index contributed by atoms with van der Waals surface area (Å²) >= 11 is 5.18. The first kappa shape index (κ1) is 18.1. The summed E-state index contributed by atoms with van der Waals surface area (Å²) in [5.41, 5.74) is 6.54. The van der Waals surface area contributed by atoms with Crippen LogP contribution in [0.5, 0.6) is 5.75 Å². The van der Waals surface area contributed by atoms with Gasteiger partial charge in [-0.3, -0.25) is 0 Å². The lowest BCUT2D eigenvalue weighted by atomic mass is 10.2. The SMILES string of the molecule is CCN(CC)CCOc1ccc2sc(-c3nc(N)ncc3Br)cc2c1. The molecule has 0 aliphatic rings. The molecule has 3 rings (SSSR count). The molecule has 132 valence electrons. The highest BCUT2D eigenvalue weighted by Gasteiger charge is 2.11. The molecular weight excluding hydrogens is 400 g/mol. The summed E-state index contributed by atoms with van der Waals surface area (Å²) in [6.07, 6.45) is 1.68. The van der Waals surface area contributed by atoms with Crippen molar-refractivity contribution in [2.75, 3.05) is 32.0 Å². The van der Waals surface area contributed by atoms with Crippen LogP contribution in [0.25, 0.3) is 20.7 Å². The van der Waals surface area contributed by atoms with Crippen LogP contribution >= 0.6 is 27.3 Å². The molecule has 0 amide bonds. The van der Waals surface area contributed by atoms with Crippen LogP contribution in [0.4, 0.5) is 5.95 Å². The van der Waals surface area contributed by atoms with E-state index in [9.17, 15) is 0 Å². The van der Waals surface area contributed by atoms with E-state index in [2.05, 4.69) is 62.8 Å². The molecule has 0 spiro atoms. The van der Waals surface area contributed by atoms with E-state index in [0.717, 1.165) is 45.8 Å². The lowest BCUT2D eigenvalue weighted by molar-refractivity contribution is 0.223. The Morgan fingerprint density at radius 2 is 2.04 bits per heavy atom. The first-order valence-corrected chi connectivity index (χ1v) is 9.88. The molecule has 2 aromatic heterocycles. The van der Waals surface area contributed by atoms with Crippen molar-refractivity contribution in [3.05, 3.63) is 34.9 Å². The number of benzene rings is 1. The summed E-state index contributed by atoms with van der Waals surface area (Å²) in [7, 11) is 0. The van der Waals surface area contributed by atoms with Gasteiger partial charge in [-0.25, -0.2) is 9.97 Å². The van der Waals surface area contributed by atoms with Crippen molar-refractivity contribution in [1.82, 2.24) is 14.9 Å². The summed E-state index contributed by atoms with van der Waals surface area (Å²) in [5, 5.41) is 1.14. The van der Waals surface area contributed by atoms with Gasteiger partial charge in [0.05, 0.1) is 15.0 Å². The first-order valence-electron chi connectivity index (χ1n) is 8.27. The fourth-order valence-electron chi connectivity index (χ4n) is 2.61. The number of nitrogens with zero attached hydrogens (tertiary/aromatic N) is 3. The predicted molar refractivity (Wildman–Crippen MR) is 108 cm³/mol. The summed E-state index contributed by atoms with van der Waals surface area (Å²) < 4.78 is 7.94. The number of anilines is 1. The van der Waals surface area contributed by atoms with E-state index in [1.165, 1.54) is 4.70 Å². The van der Waals surface area contributed by atoms with Gasteiger partial charge in [0.2, 0.25) is 5.95 Å². The summed E-state index contributed by atoms with van der Waals surface area (Å²) in [6, 6.07) is 8.31. The number of hydrogen-bond acceptors (Lipinski definition) is 6. The Balaban J connectivity index is 1.78. The van der Waals surface area contributed by atoms with Gasteiger partial charge in [-0.15, -0.1) is 11.3 Å². The number of likely N-dealkylation sites (N-methyl/N-ethyl adjacent to an activating group) is 1. The third-order valence-corrected chi connectivity index (χ3v) is 5.76. The number of nitrogens with two attached hydrogens (primary N) is 1. The molecular formula is C18H21BrN4OS. The number of rotatable bonds is 7. The molecule has 0 unspecified atom stereocenters. The Labute approximate surface area is 160 Å². The van der Waals surface area contributed by atoms with Crippen molar-refractivity contribution in [1.29, 1.82) is 0 Å². The molecule has 2 N–H and O–H groups in total. The van der Waals surface area contributed by atoms with Crippen LogP contribution in [-0.4, -0.2) is 41.1 Å².